The number of nitrogens with one attached hydrogen (secondary N) is 1. The molecular formula is C14H26F3NO. The summed E-state index contributed by atoms with van der Waals surface area (Å²) in [6, 6.07) is 0. The molecule has 1 saturated carbocycles. The zero-order valence-electron chi connectivity index (χ0n) is 11.8. The fourth-order valence-electron chi connectivity index (χ4n) is 2.90. The summed E-state index contributed by atoms with van der Waals surface area (Å²) in [5.41, 5.74) is 0. The minimum Gasteiger partial charge on any atom is -0.372 e. The molecule has 5 heteroatoms. The van der Waals surface area contributed by atoms with Gasteiger partial charge >= 0.3 is 6.18 Å². The van der Waals surface area contributed by atoms with Crippen LogP contribution in [0.4, 0.5) is 13.2 Å². The minimum absolute atomic E-state index is 0.217. The average Bonchev–Trinajstić information content (AvgIpc) is 2.85. The van der Waals surface area contributed by atoms with Gasteiger partial charge in [-0.25, -0.2) is 0 Å². The van der Waals surface area contributed by atoms with Crippen LogP contribution < -0.4 is 5.32 Å². The van der Waals surface area contributed by atoms with Gasteiger partial charge in [-0.2, -0.15) is 13.2 Å². The first-order valence-corrected chi connectivity index (χ1v) is 7.38. The van der Waals surface area contributed by atoms with Crippen LogP contribution in [0.25, 0.3) is 0 Å². The van der Waals surface area contributed by atoms with Gasteiger partial charge in [0.2, 0.25) is 0 Å². The van der Waals surface area contributed by atoms with E-state index in [-0.39, 0.29) is 6.61 Å². The summed E-state index contributed by atoms with van der Waals surface area (Å²) in [4.78, 5) is 0. The van der Waals surface area contributed by atoms with Crippen molar-refractivity contribution in [3.8, 4) is 0 Å². The predicted molar refractivity (Wildman–Crippen MR) is 70.1 cm³/mol. The molecule has 0 radical (unpaired) electrons. The van der Waals surface area contributed by atoms with Crippen molar-refractivity contribution in [3.05, 3.63) is 0 Å². The Bertz CT molecular complexity index is 227. The fraction of sp³-hybridized carbons (Fsp3) is 1.00. The average molecular weight is 281 g/mol. The number of hydrogen-bond donors (Lipinski definition) is 1. The van der Waals surface area contributed by atoms with Crippen molar-refractivity contribution < 1.29 is 17.9 Å². The monoisotopic (exact) mass is 281 g/mol. The van der Waals surface area contributed by atoms with Gasteiger partial charge < -0.3 is 10.1 Å². The normalized spacial score (nSPS) is 18.9. The van der Waals surface area contributed by atoms with E-state index < -0.39 is 12.8 Å². The van der Waals surface area contributed by atoms with E-state index in [4.69, 9.17) is 0 Å². The summed E-state index contributed by atoms with van der Waals surface area (Å²) in [5.74, 6) is 1.35. The fourth-order valence-corrected chi connectivity index (χ4v) is 2.90. The van der Waals surface area contributed by atoms with Crippen LogP contribution in [0.1, 0.15) is 45.4 Å². The molecule has 0 saturated heterocycles. The molecule has 1 unspecified atom stereocenters. The van der Waals surface area contributed by atoms with Crippen molar-refractivity contribution in [2.45, 2.75) is 51.6 Å². The molecule has 1 aliphatic rings. The van der Waals surface area contributed by atoms with E-state index >= 15 is 0 Å². The standard InChI is InChI=1S/C14H26F3NO/c1-2-18-10-13(12-6-3-4-7-12)8-5-9-19-11-14(15,16)17/h12-13,18H,2-11H2,1H3. The van der Waals surface area contributed by atoms with Gasteiger partial charge in [-0.15, -0.1) is 0 Å². The van der Waals surface area contributed by atoms with Gasteiger partial charge in [0.15, 0.2) is 0 Å². The Labute approximate surface area is 114 Å². The molecule has 114 valence electrons. The first kappa shape index (κ1) is 16.8. The first-order chi connectivity index (χ1) is 9.03. The maximum absolute atomic E-state index is 11.9. The maximum atomic E-state index is 11.9. The summed E-state index contributed by atoms with van der Waals surface area (Å²) in [6.45, 7) is 3.12. The molecule has 1 fully saturated rings. The lowest BCUT2D eigenvalue weighted by atomic mass is 9.87. The summed E-state index contributed by atoms with van der Waals surface area (Å²) < 4.78 is 40.4. The van der Waals surface area contributed by atoms with E-state index in [0.29, 0.717) is 5.92 Å². The molecule has 0 aliphatic heterocycles. The molecule has 0 heterocycles. The largest absolute Gasteiger partial charge is 0.411 e. The van der Waals surface area contributed by atoms with E-state index in [1.807, 2.05) is 0 Å². The summed E-state index contributed by atoms with van der Waals surface area (Å²) in [7, 11) is 0. The molecule has 2 nitrogen and oxygen atoms in total. The van der Waals surface area contributed by atoms with Crippen molar-refractivity contribution in [1.29, 1.82) is 0 Å². The van der Waals surface area contributed by atoms with Crippen LogP contribution in [0, 0.1) is 11.8 Å². The number of alkyl halides is 3. The number of halogens is 3. The van der Waals surface area contributed by atoms with Gasteiger partial charge in [0, 0.05) is 6.61 Å². The van der Waals surface area contributed by atoms with E-state index in [9.17, 15) is 13.2 Å². The molecule has 0 aromatic carbocycles. The third-order valence-electron chi connectivity index (χ3n) is 3.85. The highest BCUT2D eigenvalue weighted by atomic mass is 19.4. The number of hydrogen-bond acceptors (Lipinski definition) is 2. The SMILES string of the molecule is CCNCC(CCCOCC(F)(F)F)C1CCCC1. The minimum atomic E-state index is -4.20. The highest BCUT2D eigenvalue weighted by Crippen LogP contribution is 2.33. The quantitative estimate of drug-likeness (QED) is 0.650. The zero-order chi connectivity index (χ0) is 14.1. The predicted octanol–water partition coefficient (Wildman–Crippen LogP) is 3.76. The molecule has 19 heavy (non-hydrogen) atoms. The van der Waals surface area contributed by atoms with E-state index in [0.717, 1.165) is 31.8 Å². The Balaban J connectivity index is 2.17. The van der Waals surface area contributed by atoms with E-state index in [1.165, 1.54) is 25.7 Å². The smallest absolute Gasteiger partial charge is 0.372 e. The molecule has 0 spiro atoms. The molecule has 1 N–H and O–H groups in total. The van der Waals surface area contributed by atoms with Crippen molar-refractivity contribution in [2.75, 3.05) is 26.3 Å². The van der Waals surface area contributed by atoms with Gasteiger partial charge in [0.25, 0.3) is 0 Å². The second-order valence-electron chi connectivity index (χ2n) is 5.42. The second kappa shape index (κ2) is 8.80. The zero-order valence-corrected chi connectivity index (χ0v) is 11.8. The highest BCUT2D eigenvalue weighted by Gasteiger charge is 2.27. The molecule has 0 aromatic rings. The van der Waals surface area contributed by atoms with Gasteiger partial charge in [0.1, 0.15) is 6.61 Å². The Hall–Kier alpha value is -0.290. The lowest BCUT2D eigenvalue weighted by Crippen LogP contribution is -2.27. The number of ether oxygens (including phenoxy) is 1. The lowest BCUT2D eigenvalue weighted by Gasteiger charge is -2.23. The third kappa shape index (κ3) is 7.78. The van der Waals surface area contributed by atoms with Crippen LogP contribution in [0.5, 0.6) is 0 Å². The number of rotatable bonds is 9. The highest BCUT2D eigenvalue weighted by molar-refractivity contribution is 4.77. The molecule has 1 aliphatic carbocycles. The van der Waals surface area contributed by atoms with Crippen molar-refractivity contribution in [3.63, 3.8) is 0 Å². The molecule has 1 rings (SSSR count). The van der Waals surface area contributed by atoms with Gasteiger partial charge in [-0.05, 0) is 37.8 Å². The second-order valence-corrected chi connectivity index (χ2v) is 5.42. The van der Waals surface area contributed by atoms with E-state index in [1.54, 1.807) is 0 Å². The maximum Gasteiger partial charge on any atom is 0.411 e. The lowest BCUT2D eigenvalue weighted by molar-refractivity contribution is -0.174. The summed E-state index contributed by atoms with van der Waals surface area (Å²) in [6.07, 6.45) is 2.65. The van der Waals surface area contributed by atoms with Crippen molar-refractivity contribution in [1.82, 2.24) is 5.32 Å². The summed E-state index contributed by atoms with van der Waals surface area (Å²) >= 11 is 0. The third-order valence-corrected chi connectivity index (χ3v) is 3.85. The van der Waals surface area contributed by atoms with Crippen molar-refractivity contribution in [2.24, 2.45) is 11.8 Å². The Morgan fingerprint density at radius 2 is 1.95 bits per heavy atom. The summed E-state index contributed by atoms with van der Waals surface area (Å²) in [5, 5.41) is 3.37. The molecule has 0 bridgehead atoms. The Morgan fingerprint density at radius 3 is 2.53 bits per heavy atom. The van der Waals surface area contributed by atoms with Crippen LogP contribution in [-0.4, -0.2) is 32.5 Å². The molecule has 0 amide bonds. The van der Waals surface area contributed by atoms with Crippen LogP contribution in [0.2, 0.25) is 0 Å². The van der Waals surface area contributed by atoms with Gasteiger partial charge in [-0.1, -0.05) is 32.6 Å². The van der Waals surface area contributed by atoms with Crippen LogP contribution in [0.15, 0.2) is 0 Å². The van der Waals surface area contributed by atoms with Crippen LogP contribution in [-0.2, 0) is 4.74 Å². The van der Waals surface area contributed by atoms with E-state index in [2.05, 4.69) is 17.0 Å². The first-order valence-electron chi connectivity index (χ1n) is 7.38. The van der Waals surface area contributed by atoms with Crippen LogP contribution >= 0.6 is 0 Å². The molecule has 1 atom stereocenters. The molecule has 0 aromatic heterocycles. The van der Waals surface area contributed by atoms with Gasteiger partial charge in [0.05, 0.1) is 0 Å². The topological polar surface area (TPSA) is 21.3 Å². The molecular weight excluding hydrogens is 255 g/mol. The Kier molecular flexibility index (Phi) is 7.76. The van der Waals surface area contributed by atoms with Gasteiger partial charge in [-0.3, -0.25) is 0 Å². The Morgan fingerprint density at radius 1 is 1.26 bits per heavy atom. The van der Waals surface area contributed by atoms with Crippen LogP contribution in [0.3, 0.4) is 0 Å². The van der Waals surface area contributed by atoms with Crippen molar-refractivity contribution >= 4 is 0 Å².